The van der Waals surface area contributed by atoms with Crippen LogP contribution in [0.1, 0.15) is 30.4 Å². The van der Waals surface area contributed by atoms with Crippen LogP contribution in [0.15, 0.2) is 18.2 Å². The van der Waals surface area contributed by atoms with Crippen LogP contribution in [0.4, 0.5) is 4.39 Å². The third-order valence-corrected chi connectivity index (χ3v) is 4.81. The van der Waals surface area contributed by atoms with Crippen molar-refractivity contribution in [1.29, 1.82) is 0 Å². The van der Waals surface area contributed by atoms with Gasteiger partial charge in [0.05, 0.1) is 0 Å². The molecule has 1 unspecified atom stereocenters. The zero-order valence-corrected chi connectivity index (χ0v) is 12.9. The maximum atomic E-state index is 14.0. The van der Waals surface area contributed by atoms with E-state index in [1.54, 1.807) is 6.07 Å². The van der Waals surface area contributed by atoms with E-state index in [0.29, 0.717) is 6.04 Å². The molecule has 2 aliphatic rings. The monoisotopic (exact) mass is 291 g/mol. The Hall–Kier alpha value is -0.970. The highest BCUT2D eigenvalue weighted by Gasteiger charge is 2.28. The molecule has 0 saturated carbocycles. The van der Waals surface area contributed by atoms with Gasteiger partial charge in [-0.25, -0.2) is 4.39 Å². The quantitative estimate of drug-likeness (QED) is 0.917. The highest BCUT2D eigenvalue weighted by atomic mass is 19.1. The van der Waals surface area contributed by atoms with Crippen molar-refractivity contribution in [1.82, 2.24) is 15.1 Å². The molecule has 1 aromatic carbocycles. The summed E-state index contributed by atoms with van der Waals surface area (Å²) in [5, 5.41) is 3.13. The Balaban J connectivity index is 1.64. The first-order valence-electron chi connectivity index (χ1n) is 8.14. The van der Waals surface area contributed by atoms with Crippen molar-refractivity contribution >= 4 is 0 Å². The molecule has 21 heavy (non-hydrogen) atoms. The molecule has 0 aliphatic carbocycles. The second-order valence-corrected chi connectivity index (χ2v) is 6.38. The van der Waals surface area contributed by atoms with Crippen LogP contribution in [-0.2, 0) is 13.1 Å². The number of piperidine rings is 1. The molecule has 2 saturated heterocycles. The molecule has 0 radical (unpaired) electrons. The molecule has 1 aromatic rings. The van der Waals surface area contributed by atoms with Gasteiger partial charge < -0.3 is 5.32 Å². The van der Waals surface area contributed by atoms with Gasteiger partial charge in [-0.05, 0) is 38.1 Å². The van der Waals surface area contributed by atoms with Crippen molar-refractivity contribution in [3.8, 4) is 0 Å². The summed E-state index contributed by atoms with van der Waals surface area (Å²) >= 11 is 0. The number of nitrogens with one attached hydrogen (secondary N) is 1. The molecule has 0 spiro atoms. The van der Waals surface area contributed by atoms with Crippen LogP contribution in [0.3, 0.4) is 0 Å². The summed E-state index contributed by atoms with van der Waals surface area (Å²) in [4.78, 5) is 5.04. The molecule has 1 atom stereocenters. The predicted octanol–water partition coefficient (Wildman–Crippen LogP) is 2.22. The summed E-state index contributed by atoms with van der Waals surface area (Å²) in [6.45, 7) is 6.09. The average Bonchev–Trinajstić information content (AvgIpc) is 2.51. The van der Waals surface area contributed by atoms with Gasteiger partial charge in [-0.3, -0.25) is 9.80 Å². The Labute approximate surface area is 127 Å². The highest BCUT2D eigenvalue weighted by Crippen LogP contribution is 2.23. The van der Waals surface area contributed by atoms with E-state index in [-0.39, 0.29) is 5.82 Å². The molecule has 1 N–H and O–H groups in total. The molecule has 3 nitrogen and oxygen atoms in total. The third-order valence-electron chi connectivity index (χ3n) is 4.81. The van der Waals surface area contributed by atoms with Crippen molar-refractivity contribution in [3.05, 3.63) is 35.1 Å². The van der Waals surface area contributed by atoms with E-state index >= 15 is 0 Å². The topological polar surface area (TPSA) is 18.5 Å². The van der Waals surface area contributed by atoms with E-state index in [9.17, 15) is 4.39 Å². The standard InChI is InChI=1S/C17H26FN3/c1-19-11-14-5-6-17(18)15(10-14)12-20-8-9-21-7-3-2-4-16(21)13-20/h5-6,10,16,19H,2-4,7-9,11-13H2,1H3. The van der Waals surface area contributed by atoms with Gasteiger partial charge in [0.15, 0.2) is 0 Å². The van der Waals surface area contributed by atoms with Gasteiger partial charge in [0.1, 0.15) is 5.82 Å². The van der Waals surface area contributed by atoms with E-state index in [1.165, 1.54) is 25.8 Å². The Kier molecular flexibility index (Phi) is 4.88. The zero-order chi connectivity index (χ0) is 14.7. The lowest BCUT2D eigenvalue weighted by molar-refractivity contribution is 0.0452. The van der Waals surface area contributed by atoms with E-state index in [0.717, 1.165) is 43.9 Å². The van der Waals surface area contributed by atoms with Crippen LogP contribution in [0, 0.1) is 5.82 Å². The largest absolute Gasteiger partial charge is 0.316 e. The molecule has 116 valence electrons. The van der Waals surface area contributed by atoms with Crippen molar-refractivity contribution in [2.45, 2.75) is 38.4 Å². The van der Waals surface area contributed by atoms with E-state index in [2.05, 4.69) is 15.1 Å². The van der Waals surface area contributed by atoms with Crippen LogP contribution >= 0.6 is 0 Å². The van der Waals surface area contributed by atoms with Crippen molar-refractivity contribution in [2.24, 2.45) is 0 Å². The van der Waals surface area contributed by atoms with Gasteiger partial charge in [0, 0.05) is 44.3 Å². The lowest BCUT2D eigenvalue weighted by Gasteiger charge is -2.44. The first-order valence-corrected chi connectivity index (χ1v) is 8.14. The zero-order valence-electron chi connectivity index (χ0n) is 12.9. The van der Waals surface area contributed by atoms with E-state index < -0.39 is 0 Å². The number of nitrogens with zero attached hydrogens (tertiary/aromatic N) is 2. The predicted molar refractivity (Wildman–Crippen MR) is 83.7 cm³/mol. The molecular weight excluding hydrogens is 265 g/mol. The van der Waals surface area contributed by atoms with Gasteiger partial charge in [0.2, 0.25) is 0 Å². The Morgan fingerprint density at radius 3 is 3.00 bits per heavy atom. The van der Waals surface area contributed by atoms with Crippen molar-refractivity contribution in [2.75, 3.05) is 33.2 Å². The number of hydrogen-bond donors (Lipinski definition) is 1. The maximum Gasteiger partial charge on any atom is 0.127 e. The summed E-state index contributed by atoms with van der Waals surface area (Å²) in [7, 11) is 1.92. The first kappa shape index (κ1) is 14.9. The van der Waals surface area contributed by atoms with Gasteiger partial charge in [-0.1, -0.05) is 18.6 Å². The Bertz CT molecular complexity index is 477. The van der Waals surface area contributed by atoms with Crippen LogP contribution in [0.2, 0.25) is 0 Å². The SMILES string of the molecule is CNCc1ccc(F)c(CN2CCN3CCCCC3C2)c1. The van der Waals surface area contributed by atoms with Gasteiger partial charge in [0.25, 0.3) is 0 Å². The summed E-state index contributed by atoms with van der Waals surface area (Å²) < 4.78 is 14.0. The van der Waals surface area contributed by atoms with Gasteiger partial charge in [-0.2, -0.15) is 0 Å². The number of piperazine rings is 1. The van der Waals surface area contributed by atoms with Crippen molar-refractivity contribution < 1.29 is 4.39 Å². The van der Waals surface area contributed by atoms with Crippen LogP contribution in [0.25, 0.3) is 0 Å². The van der Waals surface area contributed by atoms with Gasteiger partial charge >= 0.3 is 0 Å². The summed E-state index contributed by atoms with van der Waals surface area (Å²) in [5.41, 5.74) is 2.00. The van der Waals surface area contributed by atoms with Crippen molar-refractivity contribution in [3.63, 3.8) is 0 Å². The summed E-state index contributed by atoms with van der Waals surface area (Å²) in [6.07, 6.45) is 4.00. The summed E-state index contributed by atoms with van der Waals surface area (Å²) in [6, 6.07) is 6.18. The molecule has 2 aliphatic heterocycles. The molecule has 2 fully saturated rings. The Morgan fingerprint density at radius 2 is 2.14 bits per heavy atom. The number of hydrogen-bond acceptors (Lipinski definition) is 3. The fourth-order valence-electron chi connectivity index (χ4n) is 3.67. The normalized spacial score (nSPS) is 24.0. The third kappa shape index (κ3) is 3.62. The van der Waals surface area contributed by atoms with Gasteiger partial charge in [-0.15, -0.1) is 0 Å². The fourth-order valence-corrected chi connectivity index (χ4v) is 3.67. The average molecular weight is 291 g/mol. The molecule has 4 heteroatoms. The molecule has 0 bridgehead atoms. The number of benzene rings is 1. The summed E-state index contributed by atoms with van der Waals surface area (Å²) in [5.74, 6) is -0.0686. The second-order valence-electron chi connectivity index (χ2n) is 6.38. The number of fused-ring (bicyclic) bond motifs is 1. The maximum absolute atomic E-state index is 14.0. The molecule has 2 heterocycles. The number of rotatable bonds is 4. The molecular formula is C17H26FN3. The smallest absolute Gasteiger partial charge is 0.127 e. The lowest BCUT2D eigenvalue weighted by atomic mass is 9.99. The second kappa shape index (κ2) is 6.86. The first-order chi connectivity index (χ1) is 10.3. The minimum atomic E-state index is -0.0686. The molecule has 3 rings (SSSR count). The minimum absolute atomic E-state index is 0.0686. The highest BCUT2D eigenvalue weighted by molar-refractivity contribution is 5.25. The van der Waals surface area contributed by atoms with E-state index in [4.69, 9.17) is 0 Å². The van der Waals surface area contributed by atoms with Crippen LogP contribution in [-0.4, -0.2) is 49.1 Å². The molecule has 0 amide bonds. The van der Waals surface area contributed by atoms with Crippen LogP contribution < -0.4 is 5.32 Å². The molecule has 0 aromatic heterocycles. The number of halogens is 1. The van der Waals surface area contributed by atoms with E-state index in [1.807, 2.05) is 19.2 Å². The lowest BCUT2D eigenvalue weighted by Crippen LogP contribution is -2.54. The fraction of sp³-hybridized carbons (Fsp3) is 0.647. The minimum Gasteiger partial charge on any atom is -0.316 e. The Morgan fingerprint density at radius 1 is 1.24 bits per heavy atom. The van der Waals surface area contributed by atoms with Crippen LogP contribution in [0.5, 0.6) is 0 Å².